The summed E-state index contributed by atoms with van der Waals surface area (Å²) in [6.07, 6.45) is 7.12. The zero-order valence-electron chi connectivity index (χ0n) is 49.9. The Labute approximate surface area is 472 Å². The van der Waals surface area contributed by atoms with Crippen LogP contribution in [0, 0.1) is 0 Å². The summed E-state index contributed by atoms with van der Waals surface area (Å²) in [5.74, 6) is 1.05. The molecule has 2 unspecified atom stereocenters. The molecule has 0 bridgehead atoms. The van der Waals surface area contributed by atoms with Crippen LogP contribution in [0.15, 0.2) is 127 Å². The summed E-state index contributed by atoms with van der Waals surface area (Å²) in [7, 11) is 0. The van der Waals surface area contributed by atoms with Crippen molar-refractivity contribution in [1.82, 2.24) is 0 Å². The first-order valence-electron chi connectivity index (χ1n) is 29.8. The first kappa shape index (κ1) is 51.6. The van der Waals surface area contributed by atoms with Crippen LogP contribution in [-0.4, -0.2) is 6.71 Å². The molecule has 2 nitrogen and oxygen atoms in total. The molecule has 13 rings (SSSR count). The van der Waals surface area contributed by atoms with E-state index >= 15 is 0 Å². The van der Waals surface area contributed by atoms with Gasteiger partial charge in [-0.05, 0) is 204 Å². The highest BCUT2D eigenvalue weighted by Crippen LogP contribution is 2.58. The van der Waals surface area contributed by atoms with Gasteiger partial charge in [-0.3, -0.25) is 0 Å². The van der Waals surface area contributed by atoms with Crippen LogP contribution in [0.25, 0.3) is 32.3 Å². The zero-order chi connectivity index (χ0) is 55.0. The highest BCUT2D eigenvalue weighted by molar-refractivity contribution is 7.33. The Morgan fingerprint density at radius 1 is 0.462 bits per heavy atom. The van der Waals surface area contributed by atoms with Crippen molar-refractivity contribution >= 4 is 78.0 Å². The number of anilines is 6. The summed E-state index contributed by atoms with van der Waals surface area (Å²) >= 11 is 2.08. The molecular weight excluding hydrogens is 960 g/mol. The lowest BCUT2D eigenvalue weighted by Gasteiger charge is -2.47. The van der Waals surface area contributed by atoms with Crippen molar-refractivity contribution in [2.75, 3.05) is 9.80 Å². The monoisotopic (exact) mass is 1040 g/mol. The summed E-state index contributed by atoms with van der Waals surface area (Å²) in [6.45, 7) is 39.4. The fourth-order valence-electron chi connectivity index (χ4n) is 14.9. The van der Waals surface area contributed by atoms with Crippen LogP contribution in [0.1, 0.15) is 206 Å². The first-order chi connectivity index (χ1) is 36.7. The third-order valence-electron chi connectivity index (χ3n) is 20.3. The summed E-state index contributed by atoms with van der Waals surface area (Å²) in [4.78, 5) is 5.62. The Bertz CT molecular complexity index is 3760. The minimum Gasteiger partial charge on any atom is -0.311 e. The molecule has 398 valence electrons. The lowest BCUT2D eigenvalue weighted by atomic mass is 9.36. The smallest absolute Gasteiger partial charge is 0.264 e. The van der Waals surface area contributed by atoms with Crippen LogP contribution in [0.4, 0.5) is 34.1 Å². The third-order valence-corrected chi connectivity index (χ3v) is 21.5. The van der Waals surface area contributed by atoms with Gasteiger partial charge in [-0.15, -0.1) is 11.3 Å². The Morgan fingerprint density at radius 2 is 0.897 bits per heavy atom. The maximum absolute atomic E-state index is 2.84. The van der Waals surface area contributed by atoms with Gasteiger partial charge in [0.05, 0.1) is 17.1 Å². The molecule has 4 heteroatoms. The van der Waals surface area contributed by atoms with E-state index in [0.717, 1.165) is 12.8 Å². The van der Waals surface area contributed by atoms with E-state index in [4.69, 9.17) is 0 Å². The molecule has 2 aliphatic heterocycles. The molecule has 5 aliphatic rings. The fourth-order valence-corrected chi connectivity index (χ4v) is 16.3. The van der Waals surface area contributed by atoms with E-state index < -0.39 is 0 Å². The molecule has 8 aromatic rings. The van der Waals surface area contributed by atoms with Gasteiger partial charge in [0.25, 0.3) is 6.71 Å². The number of hydrogen-bond donors (Lipinski definition) is 0. The average Bonchev–Trinajstić information content (AvgIpc) is 3.71. The molecule has 0 saturated carbocycles. The van der Waals surface area contributed by atoms with Gasteiger partial charge >= 0.3 is 0 Å². The largest absolute Gasteiger partial charge is 0.311 e. The van der Waals surface area contributed by atoms with E-state index in [0.29, 0.717) is 11.8 Å². The zero-order valence-corrected chi connectivity index (χ0v) is 50.7. The van der Waals surface area contributed by atoms with Gasteiger partial charge in [0, 0.05) is 43.1 Å². The van der Waals surface area contributed by atoms with Gasteiger partial charge in [-0.1, -0.05) is 184 Å². The average molecular weight is 1040 g/mol. The van der Waals surface area contributed by atoms with Gasteiger partial charge in [-0.2, -0.15) is 0 Å². The Morgan fingerprint density at radius 3 is 1.38 bits per heavy atom. The van der Waals surface area contributed by atoms with Crippen LogP contribution >= 0.6 is 11.3 Å². The third kappa shape index (κ3) is 7.90. The summed E-state index contributed by atoms with van der Waals surface area (Å²) in [6, 6.07) is 51.6. The first-order valence-corrected chi connectivity index (χ1v) is 30.6. The predicted molar refractivity (Wildman–Crippen MR) is 341 cm³/mol. The normalized spacial score (nSPS) is 20.3. The summed E-state index contributed by atoms with van der Waals surface area (Å²) < 4.78 is 2.87. The van der Waals surface area contributed by atoms with Crippen molar-refractivity contribution in [3.05, 3.63) is 172 Å². The lowest BCUT2D eigenvalue weighted by Crippen LogP contribution is -2.60. The van der Waals surface area contributed by atoms with E-state index in [2.05, 4.69) is 259 Å². The molecule has 3 heterocycles. The highest BCUT2D eigenvalue weighted by Gasteiger charge is 2.49. The van der Waals surface area contributed by atoms with E-state index in [9.17, 15) is 0 Å². The van der Waals surface area contributed by atoms with Crippen LogP contribution in [0.2, 0.25) is 0 Å². The molecule has 0 radical (unpaired) electrons. The molecule has 3 aliphatic carbocycles. The molecule has 7 aromatic carbocycles. The Balaban J connectivity index is 1.22. The van der Waals surface area contributed by atoms with Crippen LogP contribution in [0.3, 0.4) is 0 Å². The minimum absolute atomic E-state index is 0.00709. The second kappa shape index (κ2) is 17.3. The van der Waals surface area contributed by atoms with E-state index in [1.807, 2.05) is 0 Å². The number of thiophene rings is 1. The second-order valence-electron chi connectivity index (χ2n) is 29.6. The van der Waals surface area contributed by atoms with E-state index in [1.54, 1.807) is 11.1 Å². The van der Waals surface area contributed by atoms with Crippen molar-refractivity contribution < 1.29 is 0 Å². The number of rotatable bonds is 4. The van der Waals surface area contributed by atoms with E-state index in [1.165, 1.54) is 141 Å². The van der Waals surface area contributed by atoms with Crippen LogP contribution in [-0.2, 0) is 32.5 Å². The van der Waals surface area contributed by atoms with Crippen molar-refractivity contribution in [2.24, 2.45) is 0 Å². The minimum atomic E-state index is -0.165. The van der Waals surface area contributed by atoms with Gasteiger partial charge in [-0.25, -0.2) is 0 Å². The highest BCUT2D eigenvalue weighted by atomic mass is 32.1. The standard InChI is InChI=1S/C74H83BN2S/c1-44-27-28-45(2)51-41-65-54(38-50(44)51)67-68(78-65)75-59-30-29-48(69(3,4)5)35-62(59)76(60-42-57-55(71(9,10)31-33-73(57,13)14)39-52(60)46-23-19-17-20-24-46)63-36-49(70(6,7)8)37-64(66(63)75)77(67)61-43-58-56(72(11,12)32-34-74(58,15)16)40-53(61)47-25-21-18-22-26-47/h17-26,29-30,35-45H,27-28,31-34H2,1-16H3. The van der Waals surface area contributed by atoms with Gasteiger partial charge in [0.2, 0.25) is 0 Å². The molecule has 0 N–H and O–H groups in total. The molecular formula is C74H83BN2S. The van der Waals surface area contributed by atoms with Gasteiger partial charge in [0.1, 0.15) is 0 Å². The van der Waals surface area contributed by atoms with Crippen molar-refractivity contribution in [3.8, 4) is 22.3 Å². The molecule has 2 atom stereocenters. The second-order valence-corrected chi connectivity index (χ2v) is 30.7. The fraction of sp³-hybridized carbons (Fsp3) is 0.405. The predicted octanol–water partition coefficient (Wildman–Crippen LogP) is 19.6. The Hall–Kier alpha value is -5.84. The maximum atomic E-state index is 2.84. The van der Waals surface area contributed by atoms with Crippen molar-refractivity contribution in [2.45, 2.75) is 194 Å². The molecule has 1 aromatic heterocycles. The van der Waals surface area contributed by atoms with Gasteiger partial charge in [0.15, 0.2) is 0 Å². The topological polar surface area (TPSA) is 6.48 Å². The molecule has 0 fully saturated rings. The van der Waals surface area contributed by atoms with Crippen molar-refractivity contribution in [3.63, 3.8) is 0 Å². The van der Waals surface area contributed by atoms with Gasteiger partial charge < -0.3 is 9.80 Å². The van der Waals surface area contributed by atoms with Crippen LogP contribution < -0.4 is 25.5 Å². The Kier molecular flexibility index (Phi) is 11.5. The number of benzene rings is 7. The van der Waals surface area contributed by atoms with Crippen LogP contribution in [0.5, 0.6) is 0 Å². The molecule has 0 saturated heterocycles. The summed E-state index contributed by atoms with van der Waals surface area (Å²) in [5.41, 5.74) is 27.5. The lowest BCUT2D eigenvalue weighted by molar-refractivity contribution is 0.332. The molecule has 0 amide bonds. The quantitative estimate of drug-likeness (QED) is 0.162. The number of fused-ring (bicyclic) bond motifs is 9. The molecule has 0 spiro atoms. The number of nitrogens with zero attached hydrogens (tertiary/aromatic N) is 2. The van der Waals surface area contributed by atoms with E-state index in [-0.39, 0.29) is 39.2 Å². The molecule has 78 heavy (non-hydrogen) atoms. The maximum Gasteiger partial charge on any atom is 0.264 e. The number of hydrogen-bond acceptors (Lipinski definition) is 3. The SMILES string of the molecule is CC1CCC(C)c2cc3c4c(sc3cc21)B1c2ccc(C(C)(C)C)cc2N(c2cc3c(cc2-c2ccccc2)C(C)(C)CCC3(C)C)c2cc(C(C)(C)C)cc(c21)N4c1cc2c(cc1-c1ccccc1)C(C)(C)CCC2(C)C. The van der Waals surface area contributed by atoms with Crippen molar-refractivity contribution in [1.29, 1.82) is 0 Å². The summed E-state index contributed by atoms with van der Waals surface area (Å²) in [5, 5.41) is 1.40.